The van der Waals surface area contributed by atoms with Gasteiger partial charge in [0, 0.05) is 11.8 Å². The Morgan fingerprint density at radius 1 is 1.12 bits per heavy atom. The number of Topliss-reactive ketones (excluding diaryl/α,β-unsaturated/α-hetero) is 2. The van der Waals surface area contributed by atoms with Gasteiger partial charge >= 0.3 is 11.4 Å². The van der Waals surface area contributed by atoms with Crippen LogP contribution in [0, 0.1) is 34.0 Å². The molecule has 142 valence electrons. The molecule has 0 aromatic heterocycles. The molecule has 0 amide bonds. The highest BCUT2D eigenvalue weighted by Crippen LogP contribution is 2.70. The number of carbonyl (C=O) groups excluding carboxylic acids is 2. The standard InChI is InChI=1S/C20H26O5S/c1-12-13-4-7-20(17(12)22)15(8-13)19-6-3-5-18(2,14(19)9-16(20)21)10-24-26(23)25-11-19/h13-15H,1,3-11H2,2H3/t13-,14?,15?,18-,19-,20?,26?/m0/s1. The monoisotopic (exact) mass is 378 g/mol. The van der Waals surface area contributed by atoms with E-state index in [-0.39, 0.29) is 40.2 Å². The van der Waals surface area contributed by atoms with Gasteiger partial charge in [0.1, 0.15) is 5.78 Å². The molecule has 0 aromatic rings. The van der Waals surface area contributed by atoms with Crippen molar-refractivity contribution in [3.05, 3.63) is 12.2 Å². The molecule has 6 heteroatoms. The Labute approximate surface area is 156 Å². The van der Waals surface area contributed by atoms with Gasteiger partial charge in [-0.05, 0) is 60.8 Å². The zero-order valence-electron chi connectivity index (χ0n) is 15.3. The zero-order chi connectivity index (χ0) is 18.3. The second kappa shape index (κ2) is 5.36. The second-order valence-electron chi connectivity index (χ2n) is 9.50. The van der Waals surface area contributed by atoms with Crippen molar-refractivity contribution >= 4 is 22.9 Å². The molecular weight excluding hydrogens is 352 g/mol. The van der Waals surface area contributed by atoms with Gasteiger partial charge in [-0.15, -0.1) is 0 Å². The maximum atomic E-state index is 13.4. The predicted molar refractivity (Wildman–Crippen MR) is 95.0 cm³/mol. The van der Waals surface area contributed by atoms with Gasteiger partial charge in [0.15, 0.2) is 5.78 Å². The molecule has 1 saturated heterocycles. The molecule has 0 radical (unpaired) electrons. The first-order valence-electron chi connectivity index (χ1n) is 9.79. The van der Waals surface area contributed by atoms with Crippen LogP contribution in [-0.2, 0) is 29.3 Å². The molecule has 26 heavy (non-hydrogen) atoms. The molecule has 5 aliphatic carbocycles. The molecule has 4 unspecified atom stereocenters. The molecule has 6 fully saturated rings. The van der Waals surface area contributed by atoms with Gasteiger partial charge in [-0.1, -0.05) is 19.9 Å². The van der Waals surface area contributed by atoms with Crippen molar-refractivity contribution in [3.8, 4) is 0 Å². The van der Waals surface area contributed by atoms with E-state index in [1.54, 1.807) is 0 Å². The lowest BCUT2D eigenvalue weighted by Gasteiger charge is -2.67. The minimum absolute atomic E-state index is 0.00506. The maximum absolute atomic E-state index is 13.4. The Bertz CT molecular complexity index is 746. The van der Waals surface area contributed by atoms with Crippen molar-refractivity contribution in [2.45, 2.75) is 51.9 Å². The molecule has 4 bridgehead atoms. The summed E-state index contributed by atoms with van der Waals surface area (Å²) in [5, 5.41) is 0. The van der Waals surface area contributed by atoms with E-state index in [4.69, 9.17) is 8.37 Å². The van der Waals surface area contributed by atoms with Gasteiger partial charge in [-0.3, -0.25) is 18.0 Å². The average molecular weight is 378 g/mol. The number of carbonyl (C=O) groups is 2. The fraction of sp³-hybridized carbons (Fsp3) is 0.800. The summed E-state index contributed by atoms with van der Waals surface area (Å²) >= 11 is -1.75. The molecule has 1 heterocycles. The van der Waals surface area contributed by atoms with Gasteiger partial charge in [-0.25, -0.2) is 0 Å². The van der Waals surface area contributed by atoms with Crippen LogP contribution < -0.4 is 0 Å². The predicted octanol–water partition coefficient (Wildman–Crippen LogP) is 2.92. The van der Waals surface area contributed by atoms with Crippen molar-refractivity contribution in [1.82, 2.24) is 0 Å². The fourth-order valence-electron chi connectivity index (χ4n) is 7.34. The summed E-state index contributed by atoms with van der Waals surface area (Å²) in [5.74, 6) is 0.421. The van der Waals surface area contributed by atoms with Gasteiger partial charge in [0.25, 0.3) is 0 Å². The molecule has 1 aliphatic heterocycles. The third kappa shape index (κ3) is 1.91. The number of rotatable bonds is 0. The van der Waals surface area contributed by atoms with Crippen LogP contribution in [0.1, 0.15) is 51.9 Å². The Morgan fingerprint density at radius 3 is 2.69 bits per heavy atom. The van der Waals surface area contributed by atoms with Crippen molar-refractivity contribution in [1.29, 1.82) is 0 Å². The fourth-order valence-corrected chi connectivity index (χ4v) is 8.09. The maximum Gasteiger partial charge on any atom is 0.304 e. The van der Waals surface area contributed by atoms with Crippen LogP contribution in [0.5, 0.6) is 0 Å². The smallest absolute Gasteiger partial charge is 0.299 e. The molecule has 5 saturated carbocycles. The molecule has 1 spiro atoms. The molecule has 6 aliphatic rings. The summed E-state index contributed by atoms with van der Waals surface area (Å²) in [6, 6.07) is 0. The Balaban J connectivity index is 1.68. The van der Waals surface area contributed by atoms with Crippen molar-refractivity contribution in [3.63, 3.8) is 0 Å². The minimum atomic E-state index is -1.75. The van der Waals surface area contributed by atoms with E-state index in [1.807, 2.05) is 0 Å². The Morgan fingerprint density at radius 2 is 1.88 bits per heavy atom. The van der Waals surface area contributed by atoms with E-state index in [9.17, 15) is 13.8 Å². The molecule has 5 nitrogen and oxygen atoms in total. The summed E-state index contributed by atoms with van der Waals surface area (Å²) in [6.07, 6.45) is 5.75. The van der Waals surface area contributed by atoms with Crippen LogP contribution in [0.15, 0.2) is 12.2 Å². The summed E-state index contributed by atoms with van der Waals surface area (Å²) in [7, 11) is 0. The van der Waals surface area contributed by atoms with Gasteiger partial charge in [-0.2, -0.15) is 4.21 Å². The quantitative estimate of drug-likeness (QED) is 0.479. The second-order valence-corrected chi connectivity index (χ2v) is 10.4. The van der Waals surface area contributed by atoms with E-state index in [0.29, 0.717) is 31.6 Å². The van der Waals surface area contributed by atoms with Crippen LogP contribution in [0.4, 0.5) is 0 Å². The lowest BCUT2D eigenvalue weighted by molar-refractivity contribution is -0.201. The van der Waals surface area contributed by atoms with Crippen molar-refractivity contribution in [2.24, 2.45) is 34.0 Å². The molecule has 0 N–H and O–H groups in total. The van der Waals surface area contributed by atoms with Gasteiger partial charge in [0.2, 0.25) is 0 Å². The van der Waals surface area contributed by atoms with Crippen LogP contribution in [0.25, 0.3) is 0 Å². The summed E-state index contributed by atoms with van der Waals surface area (Å²) in [6.45, 7) is 6.88. The van der Waals surface area contributed by atoms with Gasteiger partial charge in [0.05, 0.1) is 18.6 Å². The summed E-state index contributed by atoms with van der Waals surface area (Å²) < 4.78 is 23.2. The first kappa shape index (κ1) is 17.3. The Kier molecular flexibility index (Phi) is 3.56. The highest BCUT2D eigenvalue weighted by atomic mass is 32.2. The van der Waals surface area contributed by atoms with Crippen LogP contribution in [0.3, 0.4) is 0 Å². The molecule has 6 rings (SSSR count). The van der Waals surface area contributed by atoms with Crippen molar-refractivity contribution in [2.75, 3.05) is 13.2 Å². The number of fused-ring (bicyclic) bond motifs is 2. The minimum Gasteiger partial charge on any atom is -0.299 e. The van der Waals surface area contributed by atoms with E-state index in [2.05, 4.69) is 13.5 Å². The Hall–Kier alpha value is -0.850. The molecule has 0 aromatic carbocycles. The highest BCUT2D eigenvalue weighted by Gasteiger charge is 2.72. The zero-order valence-corrected chi connectivity index (χ0v) is 16.1. The topological polar surface area (TPSA) is 69.7 Å². The summed E-state index contributed by atoms with van der Waals surface area (Å²) in [4.78, 5) is 26.7. The van der Waals surface area contributed by atoms with Crippen LogP contribution in [-0.4, -0.2) is 29.0 Å². The highest BCUT2D eigenvalue weighted by molar-refractivity contribution is 7.75. The van der Waals surface area contributed by atoms with Crippen molar-refractivity contribution < 1.29 is 22.2 Å². The third-order valence-electron chi connectivity index (χ3n) is 8.61. The lowest BCUT2D eigenvalue weighted by Crippen LogP contribution is -2.69. The van der Waals surface area contributed by atoms with E-state index >= 15 is 0 Å². The number of hydrogen-bond donors (Lipinski definition) is 0. The average Bonchev–Trinajstić information content (AvgIpc) is 2.63. The molecule has 7 atom stereocenters. The SMILES string of the molecule is C=C1C(=O)C23CC[C@H]1CC2[C@@]12CCC[C@@](C)(COS(=O)OC1)C2CC3=O. The van der Waals surface area contributed by atoms with E-state index < -0.39 is 16.8 Å². The largest absolute Gasteiger partial charge is 0.304 e. The first-order valence-corrected chi connectivity index (χ1v) is 10.8. The molecular formula is C20H26O5S. The van der Waals surface area contributed by atoms with E-state index in [1.165, 1.54) is 0 Å². The normalized spacial score (nSPS) is 53.5. The van der Waals surface area contributed by atoms with E-state index in [0.717, 1.165) is 32.1 Å². The first-order chi connectivity index (χ1) is 12.3. The van der Waals surface area contributed by atoms with Gasteiger partial charge < -0.3 is 0 Å². The number of ketones is 2. The number of hydrogen-bond acceptors (Lipinski definition) is 5. The summed E-state index contributed by atoms with van der Waals surface area (Å²) in [5.41, 5.74) is -0.681. The van der Waals surface area contributed by atoms with Crippen LogP contribution >= 0.6 is 0 Å². The van der Waals surface area contributed by atoms with Crippen LogP contribution in [0.2, 0.25) is 0 Å². The number of allylic oxidation sites excluding steroid dienone is 1. The third-order valence-corrected chi connectivity index (χ3v) is 9.23. The lowest BCUT2D eigenvalue weighted by atomic mass is 9.36.